The zero-order valence-electron chi connectivity index (χ0n) is 15.8. The molecule has 2 atom stereocenters. The Hall–Kier alpha value is -0.770. The number of amides is 2. The molecule has 1 N–H and O–H groups in total. The van der Waals surface area contributed by atoms with Crippen molar-refractivity contribution in [1.82, 2.24) is 10.2 Å². The van der Waals surface area contributed by atoms with Gasteiger partial charge in [0.25, 0.3) is 0 Å². The first-order chi connectivity index (χ1) is 12.1. The van der Waals surface area contributed by atoms with Crippen LogP contribution in [0.3, 0.4) is 0 Å². The van der Waals surface area contributed by atoms with E-state index in [1.807, 2.05) is 7.11 Å². The highest BCUT2D eigenvalue weighted by atomic mass is 16.5. The highest BCUT2D eigenvalue weighted by Gasteiger charge is 2.53. The minimum Gasteiger partial charge on any atom is -0.381 e. The summed E-state index contributed by atoms with van der Waals surface area (Å²) in [4.78, 5) is 15.3. The Balaban J connectivity index is 1.28. The van der Waals surface area contributed by atoms with Crippen molar-refractivity contribution in [1.29, 1.82) is 0 Å². The molecule has 0 aromatic rings. The molecule has 1 heterocycles. The average Bonchev–Trinajstić information content (AvgIpc) is 2.95. The first kappa shape index (κ1) is 16.4. The zero-order chi connectivity index (χ0) is 17.1. The molecule has 4 nitrogen and oxygen atoms in total. The van der Waals surface area contributed by atoms with Crippen LogP contribution in [0.1, 0.15) is 70.6 Å². The fraction of sp³-hybridized carbons (Fsp3) is 0.952. The van der Waals surface area contributed by atoms with Crippen molar-refractivity contribution in [2.45, 2.75) is 82.3 Å². The van der Waals surface area contributed by atoms with E-state index in [4.69, 9.17) is 4.74 Å². The molecule has 0 radical (unpaired) electrons. The maximum absolute atomic E-state index is 13.2. The van der Waals surface area contributed by atoms with Crippen molar-refractivity contribution in [3.8, 4) is 0 Å². The van der Waals surface area contributed by atoms with Gasteiger partial charge >= 0.3 is 6.03 Å². The Bertz CT molecular complexity index is 513. The number of ether oxygens (including phenoxy) is 1. The average molecular weight is 347 g/mol. The van der Waals surface area contributed by atoms with Crippen LogP contribution in [0, 0.1) is 23.2 Å². The molecule has 140 valence electrons. The van der Waals surface area contributed by atoms with Gasteiger partial charge in [0, 0.05) is 31.2 Å². The summed E-state index contributed by atoms with van der Waals surface area (Å²) in [6.45, 7) is 1.83. The lowest BCUT2D eigenvalue weighted by molar-refractivity contribution is -0.0336. The molecular weight excluding hydrogens is 312 g/mol. The Labute approximate surface area is 152 Å². The largest absolute Gasteiger partial charge is 0.381 e. The second kappa shape index (κ2) is 5.87. The number of methoxy groups -OCH3 is 1. The van der Waals surface area contributed by atoms with E-state index in [0.29, 0.717) is 6.10 Å². The molecule has 5 aliphatic carbocycles. The van der Waals surface area contributed by atoms with Gasteiger partial charge in [-0.2, -0.15) is 0 Å². The summed E-state index contributed by atoms with van der Waals surface area (Å²) in [5.74, 6) is 2.64. The van der Waals surface area contributed by atoms with Crippen molar-refractivity contribution >= 4 is 6.03 Å². The topological polar surface area (TPSA) is 41.6 Å². The number of nitrogens with one attached hydrogen (secondary N) is 1. The third kappa shape index (κ3) is 2.70. The van der Waals surface area contributed by atoms with Gasteiger partial charge in [0.2, 0.25) is 0 Å². The summed E-state index contributed by atoms with van der Waals surface area (Å²) in [5, 5.41) is 3.58. The van der Waals surface area contributed by atoms with Crippen LogP contribution >= 0.6 is 0 Å². The van der Waals surface area contributed by atoms with Gasteiger partial charge in [0.15, 0.2) is 0 Å². The van der Waals surface area contributed by atoms with Gasteiger partial charge in [-0.05, 0) is 82.0 Å². The first-order valence-electron chi connectivity index (χ1n) is 10.7. The SMILES string of the molecule is CO[C@@H]1CCC[C@]12CCCN(C(=O)NC13CC4CC(CC(C4)C1)C3)C2. The van der Waals surface area contributed by atoms with Gasteiger partial charge in [-0.3, -0.25) is 0 Å². The number of rotatable bonds is 2. The number of piperidine rings is 1. The highest BCUT2D eigenvalue weighted by molar-refractivity contribution is 5.75. The Morgan fingerprint density at radius 2 is 1.68 bits per heavy atom. The molecule has 1 spiro atoms. The van der Waals surface area contributed by atoms with Crippen LogP contribution in [0.5, 0.6) is 0 Å². The van der Waals surface area contributed by atoms with Crippen LogP contribution in [0.4, 0.5) is 4.79 Å². The van der Waals surface area contributed by atoms with E-state index in [9.17, 15) is 4.79 Å². The van der Waals surface area contributed by atoms with E-state index < -0.39 is 0 Å². The third-order valence-corrected chi connectivity index (χ3v) is 8.41. The number of hydrogen-bond donors (Lipinski definition) is 1. The van der Waals surface area contributed by atoms with Crippen LogP contribution in [0.25, 0.3) is 0 Å². The zero-order valence-corrected chi connectivity index (χ0v) is 15.8. The monoisotopic (exact) mass is 346 g/mol. The van der Waals surface area contributed by atoms with E-state index in [0.717, 1.165) is 37.3 Å². The molecule has 6 rings (SSSR count). The van der Waals surface area contributed by atoms with Gasteiger partial charge in [-0.15, -0.1) is 0 Å². The van der Waals surface area contributed by atoms with E-state index >= 15 is 0 Å². The summed E-state index contributed by atoms with van der Waals surface area (Å²) in [6.07, 6.45) is 14.4. The minimum atomic E-state index is 0.132. The molecule has 2 amide bonds. The number of nitrogens with zero attached hydrogens (tertiary/aromatic N) is 1. The minimum absolute atomic E-state index is 0.132. The van der Waals surface area contributed by atoms with Crippen LogP contribution in [0.15, 0.2) is 0 Å². The van der Waals surface area contributed by atoms with E-state index in [1.165, 1.54) is 64.2 Å². The Kier molecular flexibility index (Phi) is 3.85. The molecular formula is C21H34N2O2. The third-order valence-electron chi connectivity index (χ3n) is 8.41. The fourth-order valence-electron chi connectivity index (χ4n) is 7.84. The first-order valence-corrected chi connectivity index (χ1v) is 10.7. The van der Waals surface area contributed by atoms with Crippen molar-refractivity contribution in [2.24, 2.45) is 23.2 Å². The standard InChI is InChI=1S/C21H34N2O2/c1-25-18-4-2-5-20(18)6-3-7-23(14-20)19(24)22-21-11-15-8-16(12-21)10-17(9-15)13-21/h15-18H,2-14H2,1H3,(H,22,24)/t15?,16?,17?,18-,20-,21?/m1/s1. The summed E-state index contributed by atoms with van der Waals surface area (Å²) in [6, 6.07) is 0.225. The molecule has 4 heteroatoms. The maximum Gasteiger partial charge on any atom is 0.317 e. The lowest BCUT2D eigenvalue weighted by Gasteiger charge is -2.57. The number of likely N-dealkylation sites (tertiary alicyclic amines) is 1. The number of urea groups is 1. The second-order valence-corrected chi connectivity index (χ2v) is 10.1. The molecule has 0 unspecified atom stereocenters. The van der Waals surface area contributed by atoms with Crippen molar-refractivity contribution in [3.63, 3.8) is 0 Å². The normalized spacial score (nSPS) is 48.3. The van der Waals surface area contributed by atoms with Gasteiger partial charge in [0.05, 0.1) is 6.10 Å². The number of carbonyl (C=O) groups is 1. The van der Waals surface area contributed by atoms with Gasteiger partial charge in [-0.1, -0.05) is 6.42 Å². The van der Waals surface area contributed by atoms with Crippen LogP contribution in [0.2, 0.25) is 0 Å². The molecule has 0 aromatic heterocycles. The lowest BCUT2D eigenvalue weighted by atomic mass is 9.53. The number of hydrogen-bond acceptors (Lipinski definition) is 2. The predicted octanol–water partition coefficient (Wildman–Crippen LogP) is 3.95. The van der Waals surface area contributed by atoms with E-state index in [2.05, 4.69) is 10.2 Å². The van der Waals surface area contributed by atoms with Gasteiger partial charge in [-0.25, -0.2) is 4.79 Å². The fourth-order valence-corrected chi connectivity index (χ4v) is 7.84. The summed E-state index contributed by atoms with van der Waals surface area (Å²) >= 11 is 0. The van der Waals surface area contributed by atoms with Crippen LogP contribution in [-0.4, -0.2) is 42.8 Å². The summed E-state index contributed by atoms with van der Waals surface area (Å²) in [5.41, 5.74) is 0.360. The molecule has 25 heavy (non-hydrogen) atoms. The van der Waals surface area contributed by atoms with E-state index in [-0.39, 0.29) is 17.0 Å². The maximum atomic E-state index is 13.2. The van der Waals surface area contributed by atoms with Gasteiger partial charge < -0.3 is 15.0 Å². The summed E-state index contributed by atoms with van der Waals surface area (Å²) in [7, 11) is 1.85. The predicted molar refractivity (Wildman–Crippen MR) is 97.3 cm³/mol. The smallest absolute Gasteiger partial charge is 0.317 e. The van der Waals surface area contributed by atoms with Crippen molar-refractivity contribution < 1.29 is 9.53 Å². The Morgan fingerprint density at radius 3 is 2.32 bits per heavy atom. The number of carbonyl (C=O) groups excluding carboxylic acids is 1. The van der Waals surface area contributed by atoms with Gasteiger partial charge in [0.1, 0.15) is 0 Å². The molecule has 1 saturated heterocycles. The molecule has 6 aliphatic rings. The molecule has 1 aliphatic heterocycles. The summed E-state index contributed by atoms with van der Waals surface area (Å²) < 4.78 is 5.81. The lowest BCUT2D eigenvalue weighted by Crippen LogP contribution is -2.63. The van der Waals surface area contributed by atoms with E-state index in [1.54, 1.807) is 0 Å². The molecule has 0 aromatic carbocycles. The van der Waals surface area contributed by atoms with Crippen molar-refractivity contribution in [2.75, 3.05) is 20.2 Å². The molecule has 4 bridgehead atoms. The molecule has 6 fully saturated rings. The van der Waals surface area contributed by atoms with Crippen LogP contribution < -0.4 is 5.32 Å². The van der Waals surface area contributed by atoms with Crippen molar-refractivity contribution in [3.05, 3.63) is 0 Å². The highest BCUT2D eigenvalue weighted by Crippen LogP contribution is 2.55. The molecule has 5 saturated carbocycles. The van der Waals surface area contributed by atoms with Crippen LogP contribution in [-0.2, 0) is 4.74 Å². The quantitative estimate of drug-likeness (QED) is 0.823. The second-order valence-electron chi connectivity index (χ2n) is 10.1. The Morgan fingerprint density at radius 1 is 1.04 bits per heavy atom.